The fourth-order valence-corrected chi connectivity index (χ4v) is 21.8. The lowest BCUT2D eigenvalue weighted by Crippen LogP contribution is -2.69. The summed E-state index contributed by atoms with van der Waals surface area (Å²) in [5.74, 6) is -16.7. The van der Waals surface area contributed by atoms with Crippen molar-refractivity contribution in [1.29, 1.82) is 0 Å². The minimum atomic E-state index is -2.32. The molecule has 43 heteroatoms. The van der Waals surface area contributed by atoms with Crippen LogP contribution in [0, 0.1) is 50.2 Å². The number of carbonyl (C=O) groups is 16. The smallest absolute Gasteiger partial charge is 0.309 e. The molecule has 10 rings (SSSR count). The predicted octanol–water partition coefficient (Wildman–Crippen LogP) is 4.14. The molecule has 0 aromatic rings. The zero-order valence-corrected chi connectivity index (χ0v) is 77.5. The second kappa shape index (κ2) is 42.2. The van der Waals surface area contributed by atoms with Gasteiger partial charge in [-0.1, -0.05) is 46.3 Å². The molecule has 33 atom stereocenters. The minimum absolute atomic E-state index is 0.0948. The number of aliphatic carboxylic acids is 1. The molecule has 10 aliphatic rings. The SMILES string of the molecule is CC(=O)OC[C@H]1O[C@@H](OC[C@H]2O[C@@H](O[C@H]3CO[C@@H](O[C@H]4CC[C@]5(C)[C@H]6CC=C7[C@@H]8C[C@@](C)(C(=O)O)CC[C@]8(COC(C)=O)[C@H](O)C[C@@]7(C)[C@]6(C)CC[C@H]5C4(C)C)[C@H](O[C@@H]4O[C@H](COC(C)=O)[C@@H](OC(C)=O)[C@H](OC(C)=O)[C@H]4OC(C)=O)[C@H]3OC(C)=O)[C@H](O[C@@H]3OC[C@@H](OC(C)=O)[C@H](OC(C)=O)[C@H]3OC(C)=O)[C@@H](OC(C)=O)[C@@H]2OC(C)=O)[C@H](OC(C)=O)[C@@H](OC(C)=O)[C@@H]1OC(C)=O. The number of ether oxygens (including phenoxy) is 25. The molecule has 5 heterocycles. The number of hydrogen-bond donors (Lipinski definition) is 2. The Labute approximate surface area is 756 Å². The fraction of sp³-hybridized carbons (Fsp3) is 0.795. The van der Waals surface area contributed by atoms with Crippen LogP contribution >= 0.6 is 0 Å². The van der Waals surface area contributed by atoms with Crippen LogP contribution in [0.1, 0.15) is 203 Å². The van der Waals surface area contributed by atoms with Gasteiger partial charge < -0.3 is 129 Å². The number of carboxylic acid groups (broad SMARTS) is 1. The summed E-state index contributed by atoms with van der Waals surface area (Å²) in [7, 11) is 0. The maximum atomic E-state index is 14.4. The molecule has 0 bridgehead atoms. The molecule has 5 aliphatic heterocycles. The number of fused-ring (bicyclic) bond motifs is 7. The third-order valence-electron chi connectivity index (χ3n) is 27.3. The number of aliphatic hydroxyl groups excluding tert-OH is 1. The molecule has 131 heavy (non-hydrogen) atoms. The van der Waals surface area contributed by atoms with Gasteiger partial charge in [-0.05, 0) is 104 Å². The molecule has 0 aromatic carbocycles. The normalized spacial score (nSPS) is 39.2. The van der Waals surface area contributed by atoms with Crippen molar-refractivity contribution in [3.05, 3.63) is 11.6 Å². The Morgan fingerprint density at radius 3 is 1.21 bits per heavy atom. The average molecular weight is 1870 g/mol. The van der Waals surface area contributed by atoms with Gasteiger partial charge in [-0.3, -0.25) is 76.7 Å². The molecule has 2 N–H and O–H groups in total. The van der Waals surface area contributed by atoms with Gasteiger partial charge in [0.2, 0.25) is 0 Å². The lowest BCUT2D eigenvalue weighted by atomic mass is 9.33. The number of allylic oxidation sites excluding steroid dienone is 2. The monoisotopic (exact) mass is 1870 g/mol. The maximum absolute atomic E-state index is 14.4. The van der Waals surface area contributed by atoms with E-state index in [0.29, 0.717) is 32.1 Å². The van der Waals surface area contributed by atoms with Crippen LogP contribution in [-0.4, -0.2) is 299 Å². The highest BCUT2D eigenvalue weighted by atomic mass is 16.8. The van der Waals surface area contributed by atoms with Gasteiger partial charge in [0.25, 0.3) is 0 Å². The molecule has 0 aromatic heterocycles. The van der Waals surface area contributed by atoms with Gasteiger partial charge in [-0.25, -0.2) is 0 Å². The summed E-state index contributed by atoms with van der Waals surface area (Å²) in [4.78, 5) is 212. The predicted molar refractivity (Wildman–Crippen MR) is 430 cm³/mol. The van der Waals surface area contributed by atoms with Crippen LogP contribution in [0.4, 0.5) is 0 Å². The van der Waals surface area contributed by atoms with E-state index in [0.717, 1.165) is 103 Å². The Hall–Kier alpha value is -9.18. The van der Waals surface area contributed by atoms with E-state index in [9.17, 15) is 86.9 Å². The van der Waals surface area contributed by atoms with Crippen molar-refractivity contribution < 1.29 is 205 Å². The zero-order chi connectivity index (χ0) is 97.0. The molecular weight excluding hydrogens is 1740 g/mol. The molecule has 0 amide bonds. The molecule has 5 saturated heterocycles. The van der Waals surface area contributed by atoms with E-state index in [1.165, 1.54) is 6.92 Å². The van der Waals surface area contributed by atoms with Crippen LogP contribution in [0.15, 0.2) is 11.6 Å². The van der Waals surface area contributed by atoms with E-state index >= 15 is 0 Å². The number of carboxylic acids is 1. The maximum Gasteiger partial charge on any atom is 0.309 e. The van der Waals surface area contributed by atoms with Crippen LogP contribution in [0.25, 0.3) is 0 Å². The van der Waals surface area contributed by atoms with Gasteiger partial charge in [-0.2, -0.15) is 0 Å². The number of hydrogen-bond acceptors (Lipinski definition) is 42. The van der Waals surface area contributed by atoms with Crippen molar-refractivity contribution in [3.63, 3.8) is 0 Å². The molecule has 9 fully saturated rings. The van der Waals surface area contributed by atoms with Gasteiger partial charge in [0.1, 0.15) is 37.6 Å². The van der Waals surface area contributed by atoms with Crippen LogP contribution in [0.3, 0.4) is 0 Å². The molecule has 0 radical (unpaired) electrons. The molecule has 734 valence electrons. The van der Waals surface area contributed by atoms with Crippen LogP contribution in [0.5, 0.6) is 0 Å². The van der Waals surface area contributed by atoms with E-state index in [2.05, 4.69) is 26.8 Å². The standard InChI is InChI=1S/C88H124O43/c1-38(89)107-32-56-64(114-42(5)93)69(119-47(10)98)74(123-51(14)102)77(125-56)109-35-58-66(116-44(7)95)71(121-49(12)100)76(130-79-72(122-50(13)101)67(117-45(8)96)55(34-111-79)113-41(4)92)80(126-58)127-59-36-110-78(73(68(59)118-46(9)97)131-81-75(124-52(15)103)70(120-48(11)99)65(115-43(6)94)57(128-81)33-108-39(2)90)129-63-25-26-85(19)60(83(63,16)17)24-27-86(20)61(85)23-22-53-54-30-84(18,82(105)106)28-29-88(54,37-112-40(3)91)62(104)31-87(53,86)21/h22,54-81,104H,23-37H2,1-21H3,(H,105,106)/t54-,55+,56+,57+,58+,59-,60-,61+,62+,63-,64+,65+,66+,67-,68-,69-,70-,71-,72+,73+,74+,75+,76+,77+,78-,79-,80-,81-,84-,85-,86+,87+,88+/m0/s1. The van der Waals surface area contributed by atoms with Gasteiger partial charge in [0.15, 0.2) is 117 Å². The summed E-state index contributed by atoms with van der Waals surface area (Å²) in [6.45, 7) is 23.2. The third kappa shape index (κ3) is 23.3. The highest BCUT2D eigenvalue weighted by Gasteiger charge is 2.72. The fourth-order valence-electron chi connectivity index (χ4n) is 21.8. The van der Waals surface area contributed by atoms with Crippen molar-refractivity contribution in [3.8, 4) is 0 Å². The molecular formula is C88H124O43. The van der Waals surface area contributed by atoms with Crippen LogP contribution in [-0.2, 0) is 195 Å². The Balaban J connectivity index is 1.12. The number of carbonyl (C=O) groups excluding carboxylic acids is 15. The quantitative estimate of drug-likeness (QED) is 0.0441. The lowest BCUT2D eigenvalue weighted by Gasteiger charge is -2.72. The summed E-state index contributed by atoms with van der Waals surface area (Å²) in [5.41, 5.74) is -3.81. The van der Waals surface area contributed by atoms with Crippen LogP contribution in [0.2, 0.25) is 0 Å². The first kappa shape index (κ1) is 104. The Morgan fingerprint density at radius 1 is 0.366 bits per heavy atom. The van der Waals surface area contributed by atoms with Gasteiger partial charge in [0.05, 0.1) is 44.1 Å². The highest BCUT2D eigenvalue weighted by molar-refractivity contribution is 5.75. The van der Waals surface area contributed by atoms with Crippen molar-refractivity contribution in [1.82, 2.24) is 0 Å². The summed E-state index contributed by atoms with van der Waals surface area (Å²) in [6, 6.07) is 0. The molecule has 0 spiro atoms. The molecule has 43 nitrogen and oxygen atoms in total. The van der Waals surface area contributed by atoms with Gasteiger partial charge in [0, 0.05) is 109 Å². The largest absolute Gasteiger partial charge is 0.481 e. The van der Waals surface area contributed by atoms with E-state index in [1.807, 2.05) is 13.8 Å². The van der Waals surface area contributed by atoms with Crippen molar-refractivity contribution >= 4 is 95.5 Å². The Bertz CT molecular complexity index is 4290. The van der Waals surface area contributed by atoms with E-state index < -0.39 is 320 Å². The van der Waals surface area contributed by atoms with Crippen molar-refractivity contribution in [2.75, 3.05) is 39.6 Å². The minimum Gasteiger partial charge on any atom is -0.481 e. The second-order valence-electron chi connectivity index (χ2n) is 36.9. The summed E-state index contributed by atoms with van der Waals surface area (Å²) >= 11 is 0. The lowest BCUT2D eigenvalue weighted by molar-refractivity contribution is -0.394. The average Bonchev–Trinajstić information content (AvgIpc) is 0.668. The van der Waals surface area contributed by atoms with E-state index in [4.69, 9.17) is 118 Å². The molecule has 4 saturated carbocycles. The summed E-state index contributed by atoms with van der Waals surface area (Å²) in [5, 5.41) is 23.6. The number of aliphatic hydroxyl groups is 1. The first-order valence-corrected chi connectivity index (χ1v) is 43.7. The van der Waals surface area contributed by atoms with E-state index in [-0.39, 0.29) is 44.1 Å². The summed E-state index contributed by atoms with van der Waals surface area (Å²) < 4.78 is 154. The topological polar surface area (TPSA) is 544 Å². The first-order valence-electron chi connectivity index (χ1n) is 43.7. The first-order chi connectivity index (χ1) is 61.2. The highest BCUT2D eigenvalue weighted by Crippen LogP contribution is 2.76. The Morgan fingerprint density at radius 2 is 0.748 bits per heavy atom. The van der Waals surface area contributed by atoms with Crippen molar-refractivity contribution in [2.24, 2.45) is 50.2 Å². The van der Waals surface area contributed by atoms with Gasteiger partial charge >= 0.3 is 95.5 Å². The summed E-state index contributed by atoms with van der Waals surface area (Å²) in [6.07, 6.45) is -40.8. The van der Waals surface area contributed by atoms with Gasteiger partial charge in [-0.15, -0.1) is 0 Å². The number of esters is 15. The van der Waals surface area contributed by atoms with Crippen molar-refractivity contribution in [2.45, 2.75) is 357 Å². The third-order valence-corrected chi connectivity index (χ3v) is 27.3. The second-order valence-corrected chi connectivity index (χ2v) is 36.9. The zero-order valence-electron chi connectivity index (χ0n) is 77.5. The van der Waals surface area contributed by atoms with Crippen LogP contribution < -0.4 is 0 Å². The molecule has 0 unspecified atom stereocenters. The Kier molecular flexibility index (Phi) is 33.4. The van der Waals surface area contributed by atoms with E-state index in [1.54, 1.807) is 6.92 Å². The molecule has 5 aliphatic carbocycles. The number of rotatable bonds is 30.